The Bertz CT molecular complexity index is 399. The van der Waals surface area contributed by atoms with Gasteiger partial charge in [-0.05, 0) is 19.1 Å². The molecule has 92 valence electrons. The van der Waals surface area contributed by atoms with E-state index in [1.165, 1.54) is 14.0 Å². The van der Waals surface area contributed by atoms with Gasteiger partial charge in [0, 0.05) is 12.7 Å². The maximum absolute atomic E-state index is 11.6. The molecule has 0 aliphatic carbocycles. The highest BCUT2D eigenvalue weighted by Gasteiger charge is 2.12. The number of rotatable bonds is 5. The van der Waals surface area contributed by atoms with Crippen molar-refractivity contribution in [3.05, 3.63) is 35.4 Å². The Hall–Kier alpha value is -1.25. The summed E-state index contributed by atoms with van der Waals surface area (Å²) >= 11 is 0. The molecule has 0 saturated carbocycles. The Labute approximate surface area is 103 Å². The van der Waals surface area contributed by atoms with Crippen LogP contribution in [0, 0.1) is 0 Å². The molecule has 0 aliphatic rings. The summed E-state index contributed by atoms with van der Waals surface area (Å²) in [6.07, 6.45) is 0. The maximum Gasteiger partial charge on any atom is 0.338 e. The molecule has 5 heteroatoms. The number of esters is 1. The van der Waals surface area contributed by atoms with Gasteiger partial charge in [0.15, 0.2) is 5.78 Å². The van der Waals surface area contributed by atoms with E-state index in [0.717, 1.165) is 0 Å². The number of hydrogen-bond acceptors (Lipinski definition) is 4. The van der Waals surface area contributed by atoms with Crippen LogP contribution in [0.1, 0.15) is 27.6 Å². The van der Waals surface area contributed by atoms with Crippen molar-refractivity contribution >= 4 is 21.0 Å². The van der Waals surface area contributed by atoms with Gasteiger partial charge in [-0.1, -0.05) is 21.4 Å². The fourth-order valence-corrected chi connectivity index (χ4v) is 1.56. The molecule has 1 rings (SSSR count). The highest BCUT2D eigenvalue weighted by Crippen LogP contribution is 2.10. The minimum absolute atomic E-state index is 0.0341. The average molecular weight is 254 g/mol. The lowest BCUT2D eigenvalue weighted by molar-refractivity contribution is 0.0304. The lowest BCUT2D eigenvalue weighted by atomic mass is 10.1. The highest BCUT2D eigenvalue weighted by molar-refractivity contribution is 7.17. The Morgan fingerprint density at radius 2 is 1.76 bits per heavy atom. The summed E-state index contributed by atoms with van der Waals surface area (Å²) in [5.74, 6) is -0.842. The summed E-state index contributed by atoms with van der Waals surface area (Å²) in [6, 6.07) is 6.35. The molecule has 0 aromatic heterocycles. The van der Waals surface area contributed by atoms with Gasteiger partial charge in [0.2, 0.25) is 0 Å². The van der Waals surface area contributed by atoms with Gasteiger partial charge in [0.05, 0.1) is 12.2 Å². The molecule has 1 aromatic carbocycles. The first-order chi connectivity index (χ1) is 8.04. The summed E-state index contributed by atoms with van der Waals surface area (Å²) in [5, 5.41) is 0. The number of methoxy groups -OCH3 is 1. The van der Waals surface area contributed by atoms with Crippen LogP contribution in [-0.4, -0.2) is 31.3 Å². The molecule has 2 atom stereocenters. The normalized spacial score (nSPS) is 11.9. The second-order valence-corrected chi connectivity index (χ2v) is 4.28. The van der Waals surface area contributed by atoms with E-state index >= 15 is 0 Å². The second-order valence-electron chi connectivity index (χ2n) is 3.53. The van der Waals surface area contributed by atoms with Crippen LogP contribution in [0.4, 0.5) is 0 Å². The number of carbonyl (C=O) groups is 2. The van der Waals surface area contributed by atoms with Gasteiger partial charge in [0.25, 0.3) is 0 Å². The van der Waals surface area contributed by atoms with Gasteiger partial charge in [-0.25, -0.2) is 4.79 Å². The predicted octanol–water partition coefficient (Wildman–Crippen LogP) is 1.89. The summed E-state index contributed by atoms with van der Waals surface area (Å²) < 4.78 is 9.94. The first kappa shape index (κ1) is 13.8. The molecule has 0 amide bonds. The Kier molecular flexibility index (Phi) is 5.26. The third-order valence-corrected chi connectivity index (χ3v) is 2.45. The molecule has 0 radical (unpaired) electrons. The first-order valence-electron chi connectivity index (χ1n) is 5.11. The molecular formula is C12H15O4P. The van der Waals surface area contributed by atoms with E-state index in [1.54, 1.807) is 24.3 Å². The number of carbonyl (C=O) groups excluding carboxylic acids is 2. The maximum atomic E-state index is 11.6. The van der Waals surface area contributed by atoms with E-state index in [0.29, 0.717) is 17.7 Å². The molecule has 17 heavy (non-hydrogen) atoms. The molecular weight excluding hydrogens is 239 g/mol. The highest BCUT2D eigenvalue weighted by atomic mass is 31.0. The predicted molar refractivity (Wildman–Crippen MR) is 67.2 cm³/mol. The van der Waals surface area contributed by atoms with E-state index in [2.05, 4.69) is 9.24 Å². The number of hydrogen-bond donors (Lipinski definition) is 0. The molecule has 0 spiro atoms. The monoisotopic (exact) mass is 254 g/mol. The quantitative estimate of drug-likeness (QED) is 0.457. The van der Waals surface area contributed by atoms with E-state index in [1.807, 2.05) is 0 Å². The van der Waals surface area contributed by atoms with Crippen molar-refractivity contribution in [2.24, 2.45) is 0 Å². The van der Waals surface area contributed by atoms with Crippen LogP contribution < -0.4 is 0 Å². The van der Waals surface area contributed by atoms with Gasteiger partial charge < -0.3 is 9.47 Å². The zero-order valence-electron chi connectivity index (χ0n) is 9.80. The lowest BCUT2D eigenvalue weighted by Gasteiger charge is -2.11. The Balaban J connectivity index is 2.66. The zero-order valence-corrected chi connectivity index (χ0v) is 11.0. The molecule has 2 unspecified atom stereocenters. The molecule has 0 fully saturated rings. The van der Waals surface area contributed by atoms with E-state index < -0.39 is 5.97 Å². The Morgan fingerprint density at radius 3 is 2.24 bits per heavy atom. The van der Waals surface area contributed by atoms with E-state index in [-0.39, 0.29) is 11.6 Å². The molecule has 0 heterocycles. The smallest absolute Gasteiger partial charge is 0.338 e. The van der Waals surface area contributed by atoms with E-state index in [9.17, 15) is 9.59 Å². The summed E-state index contributed by atoms with van der Waals surface area (Å²) in [6.45, 7) is 1.80. The summed E-state index contributed by atoms with van der Waals surface area (Å²) in [7, 11) is 3.91. The van der Waals surface area contributed by atoms with Crippen LogP contribution in [0.25, 0.3) is 0 Å². The standard InChI is InChI=1S/C12H15O4P/c1-8(13)9-3-5-10(6-4-9)12(14)16-11(17)7-15-2/h3-6,11H,7,17H2,1-2H3. The van der Waals surface area contributed by atoms with Gasteiger partial charge in [0.1, 0.15) is 5.85 Å². The van der Waals surface area contributed by atoms with Crippen molar-refractivity contribution < 1.29 is 19.1 Å². The Morgan fingerprint density at radius 1 is 1.24 bits per heavy atom. The minimum atomic E-state index is -0.433. The molecule has 0 saturated heterocycles. The van der Waals surface area contributed by atoms with Gasteiger partial charge in [-0.2, -0.15) is 0 Å². The SMILES string of the molecule is COCC(P)OC(=O)c1ccc(C(C)=O)cc1. The fourth-order valence-electron chi connectivity index (χ4n) is 1.24. The van der Waals surface area contributed by atoms with Gasteiger partial charge >= 0.3 is 5.97 Å². The van der Waals surface area contributed by atoms with Crippen molar-refractivity contribution in [2.45, 2.75) is 12.8 Å². The van der Waals surface area contributed by atoms with Crippen LogP contribution >= 0.6 is 9.24 Å². The van der Waals surface area contributed by atoms with Crippen molar-refractivity contribution in [1.29, 1.82) is 0 Å². The minimum Gasteiger partial charge on any atom is -0.452 e. The van der Waals surface area contributed by atoms with Crippen molar-refractivity contribution in [2.75, 3.05) is 13.7 Å². The third-order valence-electron chi connectivity index (χ3n) is 2.12. The molecule has 0 N–H and O–H groups in total. The lowest BCUT2D eigenvalue weighted by Crippen LogP contribution is -2.17. The van der Waals surface area contributed by atoms with Crippen LogP contribution in [-0.2, 0) is 9.47 Å². The van der Waals surface area contributed by atoms with Crippen LogP contribution in [0.2, 0.25) is 0 Å². The average Bonchev–Trinajstić information content (AvgIpc) is 2.29. The summed E-state index contributed by atoms with van der Waals surface area (Å²) in [4.78, 5) is 22.7. The van der Waals surface area contributed by atoms with Crippen molar-refractivity contribution in [3.63, 3.8) is 0 Å². The molecule has 4 nitrogen and oxygen atoms in total. The number of benzene rings is 1. The molecule has 0 aliphatic heterocycles. The number of ketones is 1. The van der Waals surface area contributed by atoms with Crippen LogP contribution in [0.15, 0.2) is 24.3 Å². The topological polar surface area (TPSA) is 52.6 Å². The number of Topliss-reactive ketones (excluding diaryl/α,β-unsaturated/α-hetero) is 1. The second kappa shape index (κ2) is 6.48. The van der Waals surface area contributed by atoms with Crippen LogP contribution in [0.3, 0.4) is 0 Å². The molecule has 0 bridgehead atoms. The zero-order chi connectivity index (χ0) is 12.8. The van der Waals surface area contributed by atoms with Crippen molar-refractivity contribution in [3.8, 4) is 0 Å². The van der Waals surface area contributed by atoms with E-state index in [4.69, 9.17) is 9.47 Å². The first-order valence-corrected chi connectivity index (χ1v) is 5.77. The fraction of sp³-hybridized carbons (Fsp3) is 0.333. The van der Waals surface area contributed by atoms with Gasteiger partial charge in [-0.15, -0.1) is 0 Å². The number of ether oxygens (including phenoxy) is 2. The van der Waals surface area contributed by atoms with Crippen LogP contribution in [0.5, 0.6) is 0 Å². The summed E-state index contributed by atoms with van der Waals surface area (Å²) in [5.41, 5.74) is 0.986. The van der Waals surface area contributed by atoms with Crippen molar-refractivity contribution in [1.82, 2.24) is 0 Å². The molecule has 1 aromatic rings. The largest absolute Gasteiger partial charge is 0.452 e. The van der Waals surface area contributed by atoms with Gasteiger partial charge in [-0.3, -0.25) is 4.79 Å². The third kappa shape index (κ3) is 4.25.